The number of rotatable bonds is 4. The molecule has 3 rings (SSSR count). The van der Waals surface area contributed by atoms with E-state index < -0.39 is 0 Å². The van der Waals surface area contributed by atoms with Gasteiger partial charge in [-0.15, -0.1) is 11.3 Å². The number of fused-ring (bicyclic) bond motifs is 1. The molecule has 0 radical (unpaired) electrons. The van der Waals surface area contributed by atoms with Gasteiger partial charge in [-0.25, -0.2) is 4.98 Å². The molecule has 0 amide bonds. The van der Waals surface area contributed by atoms with Crippen LogP contribution in [0.5, 0.6) is 5.75 Å². The normalized spacial score (nSPS) is 12.0. The minimum atomic E-state index is -0.311. The van der Waals surface area contributed by atoms with Crippen LogP contribution in [-0.4, -0.2) is 21.1 Å². The van der Waals surface area contributed by atoms with Crippen molar-refractivity contribution in [2.24, 2.45) is 0 Å². The van der Waals surface area contributed by atoms with E-state index in [4.69, 9.17) is 17.0 Å². The van der Waals surface area contributed by atoms with Crippen LogP contribution in [0.3, 0.4) is 0 Å². The number of benzene rings is 1. The Morgan fingerprint density at radius 2 is 2.24 bits per heavy atom. The van der Waals surface area contributed by atoms with Crippen LogP contribution in [0.2, 0.25) is 0 Å². The van der Waals surface area contributed by atoms with Crippen molar-refractivity contribution in [2.75, 3.05) is 6.61 Å². The van der Waals surface area contributed by atoms with Crippen molar-refractivity contribution >= 4 is 34.6 Å². The maximum Gasteiger partial charge on any atom is 0.179 e. The van der Waals surface area contributed by atoms with E-state index >= 15 is 0 Å². The van der Waals surface area contributed by atoms with Crippen LogP contribution in [0.1, 0.15) is 25.8 Å². The summed E-state index contributed by atoms with van der Waals surface area (Å²) in [4.78, 5) is 7.73. The number of hydrogen-bond donors (Lipinski definition) is 1. The molecule has 1 aromatic carbocycles. The van der Waals surface area contributed by atoms with Crippen LogP contribution in [0, 0.1) is 4.77 Å². The highest BCUT2D eigenvalue weighted by atomic mass is 32.1. The van der Waals surface area contributed by atoms with E-state index in [1.807, 2.05) is 30.6 Å². The fourth-order valence-electron chi connectivity index (χ4n) is 2.56. The Bertz CT molecular complexity index is 815. The zero-order valence-electron chi connectivity index (χ0n) is 12.2. The molecular formula is C15H17N3OS2. The molecule has 6 heteroatoms. The first-order valence-corrected chi connectivity index (χ1v) is 8.11. The van der Waals surface area contributed by atoms with Gasteiger partial charge in [0.25, 0.3) is 0 Å². The molecule has 0 unspecified atom stereocenters. The summed E-state index contributed by atoms with van der Waals surface area (Å²) in [6.45, 7) is 6.86. The lowest BCUT2D eigenvalue weighted by Gasteiger charge is -2.25. The van der Waals surface area contributed by atoms with Gasteiger partial charge in [0.15, 0.2) is 4.77 Å². The van der Waals surface area contributed by atoms with E-state index in [0.717, 1.165) is 21.8 Å². The molecule has 0 aliphatic rings. The molecule has 0 bridgehead atoms. The maximum absolute atomic E-state index is 5.69. The van der Waals surface area contributed by atoms with Crippen LogP contribution in [0.4, 0.5) is 0 Å². The second kappa shape index (κ2) is 5.27. The molecule has 0 aliphatic carbocycles. The molecule has 2 aromatic heterocycles. The standard InChI is InChI=1S/C15H17N3OS2/c1-4-19-11-7-5-6-10-12(11)17-14(20)18(10)15(2,3)13-16-8-9-21-13/h5-9H,4H2,1-3H3,(H,17,20). The average Bonchev–Trinajstić information content (AvgIpc) is 3.06. The second-order valence-corrected chi connectivity index (χ2v) is 6.53. The minimum absolute atomic E-state index is 0.311. The van der Waals surface area contributed by atoms with E-state index in [1.165, 1.54) is 0 Å². The SMILES string of the molecule is CCOc1cccc2c1[nH]c(=S)n2C(C)(C)c1nccs1. The first-order valence-electron chi connectivity index (χ1n) is 6.82. The summed E-state index contributed by atoms with van der Waals surface area (Å²) in [6.07, 6.45) is 1.83. The molecule has 0 aliphatic heterocycles. The molecule has 2 heterocycles. The highest BCUT2D eigenvalue weighted by Crippen LogP contribution is 2.33. The molecule has 3 aromatic rings. The Kier molecular flexibility index (Phi) is 3.59. The highest BCUT2D eigenvalue weighted by Gasteiger charge is 2.28. The van der Waals surface area contributed by atoms with Crippen molar-refractivity contribution in [1.29, 1.82) is 0 Å². The second-order valence-electron chi connectivity index (χ2n) is 5.25. The van der Waals surface area contributed by atoms with Crippen LogP contribution < -0.4 is 4.74 Å². The number of nitrogens with one attached hydrogen (secondary N) is 1. The van der Waals surface area contributed by atoms with Crippen molar-refractivity contribution in [3.63, 3.8) is 0 Å². The largest absolute Gasteiger partial charge is 0.492 e. The summed E-state index contributed by atoms with van der Waals surface area (Å²) in [7, 11) is 0. The van der Waals surface area contributed by atoms with Crippen molar-refractivity contribution < 1.29 is 4.74 Å². The van der Waals surface area contributed by atoms with E-state index in [0.29, 0.717) is 11.4 Å². The van der Waals surface area contributed by atoms with Crippen molar-refractivity contribution in [3.8, 4) is 5.75 Å². The van der Waals surface area contributed by atoms with Crippen LogP contribution >= 0.6 is 23.6 Å². The van der Waals surface area contributed by atoms with Crippen LogP contribution in [0.25, 0.3) is 11.0 Å². The van der Waals surface area contributed by atoms with Gasteiger partial charge >= 0.3 is 0 Å². The van der Waals surface area contributed by atoms with Gasteiger partial charge < -0.3 is 14.3 Å². The first kappa shape index (κ1) is 14.3. The molecule has 0 saturated heterocycles. The van der Waals surface area contributed by atoms with Crippen molar-refractivity contribution in [3.05, 3.63) is 39.6 Å². The Labute approximate surface area is 132 Å². The monoisotopic (exact) mass is 319 g/mol. The third-order valence-corrected chi connectivity index (χ3v) is 4.87. The number of para-hydroxylation sites is 1. The van der Waals surface area contributed by atoms with Gasteiger partial charge in [0.2, 0.25) is 0 Å². The number of H-pyrrole nitrogens is 1. The topological polar surface area (TPSA) is 42.8 Å². The van der Waals surface area contributed by atoms with Crippen molar-refractivity contribution in [1.82, 2.24) is 14.5 Å². The number of thiazole rings is 1. The lowest BCUT2D eigenvalue weighted by atomic mass is 10.1. The van der Waals surface area contributed by atoms with Gasteiger partial charge in [0, 0.05) is 11.6 Å². The summed E-state index contributed by atoms with van der Waals surface area (Å²) < 4.78 is 8.48. The van der Waals surface area contributed by atoms with E-state index in [9.17, 15) is 0 Å². The summed E-state index contributed by atoms with van der Waals surface area (Å²) in [5, 5.41) is 3.02. The third kappa shape index (κ3) is 2.28. The number of hydrogen-bond acceptors (Lipinski definition) is 4. The van der Waals surface area contributed by atoms with E-state index in [1.54, 1.807) is 11.3 Å². The summed E-state index contributed by atoms with van der Waals surface area (Å²) >= 11 is 7.18. The van der Waals surface area contributed by atoms with Gasteiger partial charge in [-0.1, -0.05) is 6.07 Å². The predicted molar refractivity (Wildman–Crippen MR) is 88.8 cm³/mol. The van der Waals surface area contributed by atoms with Gasteiger partial charge in [0.1, 0.15) is 16.3 Å². The number of imidazole rings is 1. The van der Waals surface area contributed by atoms with E-state index in [-0.39, 0.29) is 5.54 Å². The highest BCUT2D eigenvalue weighted by molar-refractivity contribution is 7.71. The lowest BCUT2D eigenvalue weighted by molar-refractivity contribution is 0.343. The Morgan fingerprint density at radius 3 is 2.90 bits per heavy atom. The number of nitrogens with zero attached hydrogens (tertiary/aromatic N) is 2. The quantitative estimate of drug-likeness (QED) is 0.728. The zero-order chi connectivity index (χ0) is 15.0. The summed E-state index contributed by atoms with van der Waals surface area (Å²) in [5.41, 5.74) is 1.66. The van der Waals surface area contributed by atoms with E-state index in [2.05, 4.69) is 34.4 Å². The smallest absolute Gasteiger partial charge is 0.179 e. The predicted octanol–water partition coefficient (Wildman–Crippen LogP) is 4.34. The van der Waals surface area contributed by atoms with Gasteiger partial charge in [0.05, 0.1) is 17.7 Å². The molecular weight excluding hydrogens is 302 g/mol. The summed E-state index contributed by atoms with van der Waals surface area (Å²) in [6, 6.07) is 6.00. The molecule has 0 atom stereocenters. The molecule has 1 N–H and O–H groups in total. The zero-order valence-corrected chi connectivity index (χ0v) is 13.8. The number of aromatic amines is 1. The average molecular weight is 319 g/mol. The Hall–Kier alpha value is -1.66. The first-order chi connectivity index (χ1) is 10.1. The maximum atomic E-state index is 5.69. The van der Waals surface area contributed by atoms with Gasteiger partial charge in [-0.05, 0) is 45.1 Å². The van der Waals surface area contributed by atoms with Gasteiger partial charge in [-0.2, -0.15) is 0 Å². The van der Waals surface area contributed by atoms with Crippen molar-refractivity contribution in [2.45, 2.75) is 26.3 Å². The lowest BCUT2D eigenvalue weighted by Crippen LogP contribution is -2.27. The number of aromatic nitrogens is 3. The Morgan fingerprint density at radius 1 is 1.43 bits per heavy atom. The molecule has 0 fully saturated rings. The molecule has 110 valence electrons. The minimum Gasteiger partial charge on any atom is -0.492 e. The molecule has 21 heavy (non-hydrogen) atoms. The molecule has 0 saturated carbocycles. The molecule has 4 nitrogen and oxygen atoms in total. The Balaban J connectivity index is 2.27. The summed E-state index contributed by atoms with van der Waals surface area (Å²) in [5.74, 6) is 0.829. The third-order valence-electron chi connectivity index (χ3n) is 3.49. The fourth-order valence-corrected chi connectivity index (χ4v) is 3.74. The van der Waals surface area contributed by atoms with Crippen LogP contribution in [0.15, 0.2) is 29.8 Å². The molecule has 0 spiro atoms. The number of ether oxygens (including phenoxy) is 1. The van der Waals surface area contributed by atoms with Crippen LogP contribution in [-0.2, 0) is 5.54 Å². The van der Waals surface area contributed by atoms with Gasteiger partial charge in [-0.3, -0.25) is 0 Å². The fraction of sp³-hybridized carbons (Fsp3) is 0.333.